The number of carbonyl (C=O) groups is 2. The molecule has 0 saturated carbocycles. The summed E-state index contributed by atoms with van der Waals surface area (Å²) >= 11 is 0. The average Bonchev–Trinajstić information content (AvgIpc) is 3.13. The maximum absolute atomic E-state index is 12.5. The first-order valence-corrected chi connectivity index (χ1v) is 23.6. The second-order valence-corrected chi connectivity index (χ2v) is 19.7. The molecule has 0 aromatic rings. The van der Waals surface area contributed by atoms with Crippen molar-refractivity contribution in [2.75, 3.05) is 67.5 Å². The quantitative estimate of drug-likeness (QED) is 0.0299. The molecule has 0 atom stereocenters. The smallest absolute Gasteiger partial charge is 0.243 e. The predicted octanol–water partition coefficient (Wildman–Crippen LogP) is 13.2. The number of quaternary nitrogens is 2. The Morgan fingerprint density at radius 1 is 0.367 bits per heavy atom. The summed E-state index contributed by atoms with van der Waals surface area (Å²) in [6, 6.07) is 0. The molecule has 60 heavy (non-hydrogen) atoms. The molecular formula is C54H96N4O2+2. The van der Waals surface area contributed by atoms with E-state index in [1.165, 1.54) is 46.3 Å². The molecule has 0 bridgehead atoms. The van der Waals surface area contributed by atoms with Gasteiger partial charge in [0.05, 0.1) is 54.4 Å². The lowest BCUT2D eigenvalue weighted by Gasteiger charge is -2.32. The molecule has 0 rings (SSSR count). The number of nitrogens with one attached hydrogen (secondary N) is 2. The molecule has 6 heteroatoms. The summed E-state index contributed by atoms with van der Waals surface area (Å²) in [5.41, 5.74) is 10.9. The first-order chi connectivity index (χ1) is 28.2. The van der Waals surface area contributed by atoms with Crippen LogP contribution >= 0.6 is 0 Å². The Balaban J connectivity index is 4.24. The number of nitrogens with zero attached hydrogens (tertiary/aromatic N) is 2. The molecule has 6 nitrogen and oxygen atoms in total. The van der Waals surface area contributed by atoms with Crippen molar-refractivity contribution in [3.63, 3.8) is 0 Å². The number of allylic oxidation sites excluding steroid dienone is 14. The van der Waals surface area contributed by atoms with Crippen molar-refractivity contribution in [2.24, 2.45) is 0 Å². The number of unbranched alkanes of at least 4 members (excludes halogenated alkanes) is 1. The molecule has 2 amide bonds. The van der Waals surface area contributed by atoms with Crippen molar-refractivity contribution in [2.45, 2.75) is 172 Å². The van der Waals surface area contributed by atoms with Gasteiger partial charge in [-0.15, -0.1) is 0 Å². The zero-order valence-corrected chi connectivity index (χ0v) is 41.9. The summed E-state index contributed by atoms with van der Waals surface area (Å²) in [5, 5.41) is 6.22. The normalized spacial score (nSPS) is 13.7. The van der Waals surface area contributed by atoms with Gasteiger partial charge in [-0.1, -0.05) is 81.0 Å². The van der Waals surface area contributed by atoms with Crippen LogP contribution in [0, 0.1) is 0 Å². The maximum atomic E-state index is 12.5. The van der Waals surface area contributed by atoms with E-state index in [9.17, 15) is 9.59 Å². The summed E-state index contributed by atoms with van der Waals surface area (Å²) in [6.07, 6.45) is 34.8. The molecule has 0 spiro atoms. The van der Waals surface area contributed by atoms with Gasteiger partial charge in [-0.05, 0) is 146 Å². The third-order valence-corrected chi connectivity index (χ3v) is 11.3. The zero-order valence-electron chi connectivity index (χ0n) is 41.9. The van der Waals surface area contributed by atoms with Gasteiger partial charge in [0.25, 0.3) is 0 Å². The molecule has 0 unspecified atom stereocenters. The maximum Gasteiger partial charge on any atom is 0.243 e. The first-order valence-electron chi connectivity index (χ1n) is 23.6. The van der Waals surface area contributed by atoms with E-state index in [-0.39, 0.29) is 11.8 Å². The molecule has 0 heterocycles. The lowest BCUT2D eigenvalue weighted by atomic mass is 10.0. The van der Waals surface area contributed by atoms with Crippen LogP contribution in [0.25, 0.3) is 0 Å². The van der Waals surface area contributed by atoms with E-state index in [2.05, 4.69) is 145 Å². The topological polar surface area (TPSA) is 58.2 Å². The van der Waals surface area contributed by atoms with Crippen molar-refractivity contribution in [1.29, 1.82) is 0 Å². The van der Waals surface area contributed by atoms with Crippen LogP contribution in [-0.4, -0.2) is 88.2 Å². The third-order valence-electron chi connectivity index (χ3n) is 11.3. The van der Waals surface area contributed by atoms with Gasteiger partial charge in [-0.3, -0.25) is 9.59 Å². The molecule has 0 saturated heterocycles. The van der Waals surface area contributed by atoms with E-state index in [1.54, 1.807) is 12.2 Å². The fraction of sp³-hybridized carbons (Fsp3) is 0.667. The van der Waals surface area contributed by atoms with E-state index in [4.69, 9.17) is 0 Å². The van der Waals surface area contributed by atoms with E-state index in [0.717, 1.165) is 136 Å². The Hall–Kier alpha value is -3.22. The Morgan fingerprint density at radius 2 is 0.617 bits per heavy atom. The van der Waals surface area contributed by atoms with E-state index >= 15 is 0 Å². The highest BCUT2D eigenvalue weighted by molar-refractivity contribution is 5.88. The lowest BCUT2D eigenvalue weighted by molar-refractivity contribution is -0.896. The van der Waals surface area contributed by atoms with Gasteiger partial charge >= 0.3 is 0 Å². The SMILES string of the molecule is CC(C)=CCC/C(C)=C/CC/C(C)=C/CC/C(C)=C/C(=O)NCCC[N+](C)(C)CCCC[N+](C)(C)CCCNC(=O)/C=C(\C)CC/C=C(\C)CC/C=C(\C)CCC=C(C)C. The largest absolute Gasteiger partial charge is 0.352 e. The van der Waals surface area contributed by atoms with Gasteiger partial charge < -0.3 is 19.6 Å². The highest BCUT2D eigenvalue weighted by Crippen LogP contribution is 2.16. The van der Waals surface area contributed by atoms with Crippen molar-refractivity contribution in [3.05, 3.63) is 93.2 Å². The minimum Gasteiger partial charge on any atom is -0.352 e. The number of hydrogen-bond donors (Lipinski definition) is 2. The fourth-order valence-corrected chi connectivity index (χ4v) is 7.20. The van der Waals surface area contributed by atoms with Gasteiger partial charge in [0.2, 0.25) is 11.8 Å². The Bertz CT molecular complexity index is 1370. The monoisotopic (exact) mass is 833 g/mol. The van der Waals surface area contributed by atoms with Crippen molar-refractivity contribution in [1.82, 2.24) is 10.6 Å². The number of rotatable bonds is 33. The van der Waals surface area contributed by atoms with Crippen LogP contribution in [0.15, 0.2) is 93.2 Å². The van der Waals surface area contributed by atoms with Gasteiger partial charge in [-0.2, -0.15) is 0 Å². The number of hydrogen-bond acceptors (Lipinski definition) is 2. The standard InChI is InChI=1S/C54H94N4O2/c1-45(2)25-17-27-47(5)29-19-31-49(7)33-21-35-51(9)43-53(59)55-37-23-41-57(11,12)39-15-16-40-58(13,14)42-24-38-56-54(60)44-52(10)36-22-34-50(8)32-20-30-48(6)28-18-26-46(3)4/h25-26,29-30,33-34,43-44H,15-24,27-28,31-32,35-42H2,1-14H3/p+2/b47-29+,48-30+,49-33+,50-34+,51-43+,52-44+. The van der Waals surface area contributed by atoms with Crippen LogP contribution in [0.3, 0.4) is 0 Å². The van der Waals surface area contributed by atoms with Crippen LogP contribution in [0.5, 0.6) is 0 Å². The van der Waals surface area contributed by atoms with E-state index in [0.29, 0.717) is 13.1 Å². The second-order valence-electron chi connectivity index (χ2n) is 19.7. The predicted molar refractivity (Wildman–Crippen MR) is 265 cm³/mol. The van der Waals surface area contributed by atoms with Gasteiger partial charge in [0.15, 0.2) is 0 Å². The highest BCUT2D eigenvalue weighted by atomic mass is 16.2. The summed E-state index contributed by atoms with van der Waals surface area (Å²) in [4.78, 5) is 25.1. The second kappa shape index (κ2) is 33.4. The number of amides is 2. The van der Waals surface area contributed by atoms with Crippen molar-refractivity contribution >= 4 is 11.8 Å². The first kappa shape index (κ1) is 56.8. The minimum absolute atomic E-state index is 0.0306. The van der Waals surface area contributed by atoms with Crippen molar-refractivity contribution < 1.29 is 18.6 Å². The third kappa shape index (κ3) is 36.6. The molecule has 0 aliphatic rings. The van der Waals surface area contributed by atoms with Crippen LogP contribution in [0.4, 0.5) is 0 Å². The van der Waals surface area contributed by atoms with E-state index in [1.807, 2.05) is 0 Å². The molecule has 0 aromatic heterocycles. The van der Waals surface area contributed by atoms with Crippen LogP contribution in [0.2, 0.25) is 0 Å². The summed E-state index contributed by atoms with van der Waals surface area (Å²) in [5.74, 6) is 0.0612. The minimum atomic E-state index is 0.0306. The van der Waals surface area contributed by atoms with Crippen LogP contribution < -0.4 is 10.6 Å². The van der Waals surface area contributed by atoms with Gasteiger partial charge in [0.1, 0.15) is 0 Å². The molecule has 0 aliphatic heterocycles. The Kier molecular flexibility index (Phi) is 31.6. The molecule has 0 aromatic carbocycles. The zero-order chi connectivity index (χ0) is 45.4. The molecular weight excluding hydrogens is 737 g/mol. The molecule has 342 valence electrons. The van der Waals surface area contributed by atoms with Gasteiger partial charge in [-0.25, -0.2) is 0 Å². The van der Waals surface area contributed by atoms with Crippen LogP contribution in [0.1, 0.15) is 172 Å². The molecule has 0 fully saturated rings. The molecule has 0 aliphatic carbocycles. The average molecular weight is 833 g/mol. The summed E-state index contributed by atoms with van der Waals surface area (Å²) in [7, 11) is 9.21. The van der Waals surface area contributed by atoms with Crippen LogP contribution in [-0.2, 0) is 9.59 Å². The lowest BCUT2D eigenvalue weighted by Crippen LogP contribution is -2.44. The van der Waals surface area contributed by atoms with E-state index < -0.39 is 0 Å². The molecule has 2 N–H and O–H groups in total. The highest BCUT2D eigenvalue weighted by Gasteiger charge is 2.18. The van der Waals surface area contributed by atoms with Crippen molar-refractivity contribution in [3.8, 4) is 0 Å². The fourth-order valence-electron chi connectivity index (χ4n) is 7.20. The molecule has 0 radical (unpaired) electrons. The number of carbonyl (C=O) groups excluding carboxylic acids is 2. The summed E-state index contributed by atoms with van der Waals surface area (Å²) in [6.45, 7) is 27.5. The summed E-state index contributed by atoms with van der Waals surface area (Å²) < 4.78 is 1.94. The van der Waals surface area contributed by atoms with Gasteiger partial charge in [0, 0.05) is 50.9 Å². The Morgan fingerprint density at radius 3 is 0.900 bits per heavy atom. The Labute approximate surface area is 372 Å².